The largest absolute Gasteiger partial charge is 0.481 e. The average Bonchev–Trinajstić information content (AvgIpc) is 2.92. The zero-order valence-electron chi connectivity index (χ0n) is 15.6. The maximum atomic E-state index is 11.5. The van der Waals surface area contributed by atoms with Crippen LogP contribution in [0, 0.1) is 23.2 Å². The minimum absolute atomic E-state index is 0.115. The van der Waals surface area contributed by atoms with Gasteiger partial charge in [0.15, 0.2) is 0 Å². The van der Waals surface area contributed by atoms with Gasteiger partial charge in [0.25, 0.3) is 0 Å². The summed E-state index contributed by atoms with van der Waals surface area (Å²) in [5.74, 6) is -0.136. The van der Waals surface area contributed by atoms with Gasteiger partial charge < -0.3 is 10.2 Å². The molecule has 3 aliphatic rings. The lowest BCUT2D eigenvalue weighted by molar-refractivity contribution is -0.144. The van der Waals surface area contributed by atoms with Crippen LogP contribution in [-0.2, 0) is 4.79 Å². The van der Waals surface area contributed by atoms with Crippen LogP contribution in [0.15, 0.2) is 35.5 Å². The first kappa shape index (κ1) is 18.4. The Kier molecular flexibility index (Phi) is 5.24. The second kappa shape index (κ2) is 7.11. The van der Waals surface area contributed by atoms with Crippen molar-refractivity contribution >= 4 is 5.97 Å². The highest BCUT2D eigenvalue weighted by atomic mass is 16.4. The van der Waals surface area contributed by atoms with Crippen molar-refractivity contribution in [2.24, 2.45) is 23.2 Å². The van der Waals surface area contributed by atoms with Gasteiger partial charge in [-0.1, -0.05) is 43.7 Å². The Labute approximate surface area is 151 Å². The molecule has 138 valence electrons. The van der Waals surface area contributed by atoms with Gasteiger partial charge >= 0.3 is 5.97 Å². The van der Waals surface area contributed by atoms with E-state index in [0.717, 1.165) is 50.5 Å². The molecule has 3 heteroatoms. The summed E-state index contributed by atoms with van der Waals surface area (Å²) >= 11 is 0. The number of aliphatic hydroxyl groups is 1. The van der Waals surface area contributed by atoms with Crippen molar-refractivity contribution in [1.29, 1.82) is 0 Å². The molecule has 0 spiro atoms. The average molecular weight is 344 g/mol. The van der Waals surface area contributed by atoms with Crippen LogP contribution in [0.4, 0.5) is 0 Å². The van der Waals surface area contributed by atoms with E-state index in [1.807, 2.05) is 6.92 Å². The molecule has 0 aromatic heterocycles. The van der Waals surface area contributed by atoms with Gasteiger partial charge in [0, 0.05) is 0 Å². The number of carboxylic acids is 1. The third-order valence-electron chi connectivity index (χ3n) is 7.22. The van der Waals surface area contributed by atoms with Gasteiger partial charge in [-0.15, -0.1) is 0 Å². The first-order valence-corrected chi connectivity index (χ1v) is 9.81. The number of hydrogen-bond acceptors (Lipinski definition) is 2. The topological polar surface area (TPSA) is 57.5 Å². The van der Waals surface area contributed by atoms with Crippen LogP contribution in [0.25, 0.3) is 0 Å². The Balaban J connectivity index is 1.82. The lowest BCUT2D eigenvalue weighted by Gasteiger charge is -2.43. The summed E-state index contributed by atoms with van der Waals surface area (Å²) in [6.45, 7) is 8.36. The Morgan fingerprint density at radius 3 is 2.76 bits per heavy atom. The molecule has 0 heterocycles. The smallest absolute Gasteiger partial charge is 0.306 e. The molecule has 2 unspecified atom stereocenters. The lowest BCUT2D eigenvalue weighted by atomic mass is 9.61. The molecule has 0 radical (unpaired) electrons. The van der Waals surface area contributed by atoms with E-state index in [4.69, 9.17) is 0 Å². The summed E-state index contributed by atoms with van der Waals surface area (Å²) in [5.41, 5.74) is 3.94. The molecular weight excluding hydrogens is 312 g/mol. The number of fused-ring (bicyclic) bond motifs is 1. The summed E-state index contributed by atoms with van der Waals surface area (Å²) in [6.07, 6.45) is 12.2. The van der Waals surface area contributed by atoms with Crippen molar-refractivity contribution in [1.82, 2.24) is 0 Å². The van der Waals surface area contributed by atoms with E-state index in [0.29, 0.717) is 12.3 Å². The van der Waals surface area contributed by atoms with Gasteiger partial charge in [0.05, 0.1) is 12.0 Å². The van der Waals surface area contributed by atoms with Gasteiger partial charge in [-0.3, -0.25) is 4.79 Å². The molecule has 2 N–H and O–H groups in total. The number of carboxylic acid groups (broad SMARTS) is 1. The van der Waals surface area contributed by atoms with Crippen LogP contribution in [0.3, 0.4) is 0 Å². The third-order valence-corrected chi connectivity index (χ3v) is 7.22. The van der Waals surface area contributed by atoms with Gasteiger partial charge in [0.1, 0.15) is 0 Å². The zero-order chi connectivity index (χ0) is 18.2. The van der Waals surface area contributed by atoms with E-state index in [9.17, 15) is 15.0 Å². The molecule has 0 saturated heterocycles. The standard InChI is InChI=1S/C22H32O3/c1-14-6-9-18(23)13-17(14)8-7-16-5-4-12-22(3)19(10-11-20(16)22)15(2)21(24)25/h7-8,15,18-20,23H,1,4-6,9-13H2,2-3H3,(H,24,25)/b16-7+,17-8+/t15-,18-,19?,20?,22+/m0/s1. The van der Waals surface area contributed by atoms with Gasteiger partial charge in [-0.2, -0.15) is 0 Å². The van der Waals surface area contributed by atoms with Crippen molar-refractivity contribution in [3.8, 4) is 0 Å². The lowest BCUT2D eigenvalue weighted by Crippen LogP contribution is -2.38. The van der Waals surface area contributed by atoms with E-state index >= 15 is 0 Å². The first-order chi connectivity index (χ1) is 11.8. The molecule has 3 fully saturated rings. The number of hydrogen-bond donors (Lipinski definition) is 2. The Morgan fingerprint density at radius 1 is 1.28 bits per heavy atom. The van der Waals surface area contributed by atoms with Crippen molar-refractivity contribution in [3.63, 3.8) is 0 Å². The predicted molar refractivity (Wildman–Crippen MR) is 100 cm³/mol. The molecule has 0 amide bonds. The van der Waals surface area contributed by atoms with E-state index in [2.05, 4.69) is 25.7 Å². The van der Waals surface area contributed by atoms with Gasteiger partial charge in [-0.25, -0.2) is 0 Å². The maximum Gasteiger partial charge on any atom is 0.306 e. The highest BCUT2D eigenvalue weighted by Crippen LogP contribution is 2.59. The fraction of sp³-hybridized carbons (Fsp3) is 0.682. The predicted octanol–water partition coefficient (Wildman–Crippen LogP) is 4.88. The molecule has 3 nitrogen and oxygen atoms in total. The number of rotatable bonds is 3. The van der Waals surface area contributed by atoms with Crippen LogP contribution in [0.1, 0.15) is 65.2 Å². The van der Waals surface area contributed by atoms with Crippen LogP contribution < -0.4 is 0 Å². The fourth-order valence-electron chi connectivity index (χ4n) is 5.67. The maximum absolute atomic E-state index is 11.5. The summed E-state index contributed by atoms with van der Waals surface area (Å²) < 4.78 is 0. The third kappa shape index (κ3) is 3.48. The van der Waals surface area contributed by atoms with Crippen molar-refractivity contribution in [3.05, 3.63) is 35.5 Å². The second-order valence-corrected chi connectivity index (χ2v) is 8.66. The Bertz CT molecular complexity index is 615. The molecule has 3 rings (SSSR count). The minimum atomic E-state index is -0.655. The summed E-state index contributed by atoms with van der Waals surface area (Å²) in [4.78, 5) is 11.5. The molecule has 0 bridgehead atoms. The summed E-state index contributed by atoms with van der Waals surface area (Å²) in [6, 6.07) is 0. The van der Waals surface area contributed by atoms with E-state index in [-0.39, 0.29) is 23.4 Å². The van der Waals surface area contributed by atoms with Crippen molar-refractivity contribution in [2.75, 3.05) is 0 Å². The minimum Gasteiger partial charge on any atom is -0.481 e. The quantitative estimate of drug-likeness (QED) is 0.767. The summed E-state index contributed by atoms with van der Waals surface area (Å²) in [7, 11) is 0. The normalized spacial score (nSPS) is 40.3. The van der Waals surface area contributed by atoms with E-state index in [1.54, 1.807) is 0 Å². The van der Waals surface area contributed by atoms with Crippen molar-refractivity contribution < 1.29 is 15.0 Å². The van der Waals surface area contributed by atoms with E-state index in [1.165, 1.54) is 11.1 Å². The first-order valence-electron chi connectivity index (χ1n) is 9.81. The number of aliphatic carboxylic acids is 1. The van der Waals surface area contributed by atoms with Gasteiger partial charge in [-0.05, 0) is 74.2 Å². The Morgan fingerprint density at radius 2 is 2.04 bits per heavy atom. The molecule has 5 atom stereocenters. The molecule has 25 heavy (non-hydrogen) atoms. The molecular formula is C22H32O3. The van der Waals surface area contributed by atoms with Crippen LogP contribution in [-0.4, -0.2) is 22.3 Å². The van der Waals surface area contributed by atoms with Crippen LogP contribution >= 0.6 is 0 Å². The zero-order valence-corrected chi connectivity index (χ0v) is 15.6. The van der Waals surface area contributed by atoms with E-state index < -0.39 is 5.97 Å². The van der Waals surface area contributed by atoms with Crippen LogP contribution in [0.5, 0.6) is 0 Å². The molecule has 0 aromatic carbocycles. The summed E-state index contributed by atoms with van der Waals surface area (Å²) in [5, 5.41) is 19.4. The number of allylic oxidation sites excluding steroid dienone is 4. The molecule has 3 saturated carbocycles. The molecule has 0 aromatic rings. The number of carbonyl (C=O) groups is 1. The van der Waals surface area contributed by atoms with Gasteiger partial charge in [0.2, 0.25) is 0 Å². The SMILES string of the molecule is C=C1CC[C@H](O)C/C1=C\C=C1/CCC[C@@]2(C)C1CCC2[C@H](C)C(=O)O. The number of aliphatic hydroxyl groups excluding tert-OH is 1. The highest BCUT2D eigenvalue weighted by molar-refractivity contribution is 5.70. The molecule has 3 aliphatic carbocycles. The fourth-order valence-corrected chi connectivity index (χ4v) is 5.67. The van der Waals surface area contributed by atoms with Crippen LogP contribution in [0.2, 0.25) is 0 Å². The Hall–Kier alpha value is -1.35. The highest BCUT2D eigenvalue weighted by Gasteiger charge is 2.51. The second-order valence-electron chi connectivity index (χ2n) is 8.66. The monoisotopic (exact) mass is 344 g/mol. The molecule has 0 aliphatic heterocycles. The van der Waals surface area contributed by atoms with Crippen molar-refractivity contribution in [2.45, 2.75) is 71.3 Å².